The number of rotatable bonds is 12. The minimum absolute atomic E-state index is 0.0675. The minimum atomic E-state index is -1.33. The van der Waals surface area contributed by atoms with Gasteiger partial charge in [0, 0.05) is 22.3 Å². The zero-order valence-electron chi connectivity index (χ0n) is 22.8. The molecule has 0 aliphatic heterocycles. The summed E-state index contributed by atoms with van der Waals surface area (Å²) in [5.41, 5.74) is 3.19. The molecule has 0 saturated carbocycles. The van der Waals surface area contributed by atoms with E-state index in [2.05, 4.69) is 19.7 Å². The fourth-order valence-electron chi connectivity index (χ4n) is 3.51. The topological polar surface area (TPSA) is 108 Å². The van der Waals surface area contributed by atoms with Crippen molar-refractivity contribution in [2.24, 2.45) is 0 Å². The summed E-state index contributed by atoms with van der Waals surface area (Å²) in [6, 6.07) is 15.9. The number of carbonyl (C=O) groups is 3. The van der Waals surface area contributed by atoms with E-state index >= 15 is 0 Å². The van der Waals surface area contributed by atoms with Crippen molar-refractivity contribution < 1.29 is 38.4 Å². The Hall–Kier alpha value is -4.69. The van der Waals surface area contributed by atoms with Crippen LogP contribution in [0.2, 0.25) is 0 Å². The highest BCUT2D eigenvalue weighted by Gasteiger charge is 2.16. The Morgan fingerprint density at radius 1 is 0.675 bits per heavy atom. The van der Waals surface area contributed by atoms with E-state index in [1.165, 1.54) is 6.92 Å². The van der Waals surface area contributed by atoms with Gasteiger partial charge < -0.3 is 24.1 Å². The van der Waals surface area contributed by atoms with E-state index in [1.54, 1.807) is 44.2 Å². The zero-order valence-corrected chi connectivity index (χ0v) is 22.8. The third-order valence-corrected chi connectivity index (χ3v) is 5.77. The molecule has 1 N–H and O–H groups in total. The van der Waals surface area contributed by atoms with Gasteiger partial charge in [-0.25, -0.2) is 14.4 Å². The Kier molecular flexibility index (Phi) is 10.00. The summed E-state index contributed by atoms with van der Waals surface area (Å²) in [7, 11) is 0. The Morgan fingerprint density at radius 2 is 1.20 bits per heavy atom. The molecule has 8 heteroatoms. The maximum atomic E-state index is 11.9. The van der Waals surface area contributed by atoms with Crippen LogP contribution in [-0.4, -0.2) is 23.0 Å². The Morgan fingerprint density at radius 3 is 1.80 bits per heavy atom. The van der Waals surface area contributed by atoms with Gasteiger partial charge in [-0.05, 0) is 72.5 Å². The molecule has 0 heterocycles. The summed E-state index contributed by atoms with van der Waals surface area (Å²) in [5.74, 6) is -1.14. The van der Waals surface area contributed by atoms with Crippen molar-refractivity contribution in [1.29, 1.82) is 0 Å². The van der Waals surface area contributed by atoms with Crippen LogP contribution >= 0.6 is 0 Å². The average molecular weight is 545 g/mol. The number of carbonyl (C=O) groups excluding carboxylic acids is 3. The van der Waals surface area contributed by atoms with Gasteiger partial charge in [0.15, 0.2) is 0 Å². The highest BCUT2D eigenvalue weighted by atomic mass is 16.6. The molecule has 3 aromatic rings. The molecule has 3 aromatic carbocycles. The normalized spacial score (nSPS) is 11.3. The molecule has 40 heavy (non-hydrogen) atoms. The van der Waals surface area contributed by atoms with Crippen molar-refractivity contribution >= 4 is 28.7 Å². The van der Waals surface area contributed by atoms with Gasteiger partial charge in [-0.15, -0.1) is 0 Å². The lowest BCUT2D eigenvalue weighted by Crippen LogP contribution is -2.12. The van der Waals surface area contributed by atoms with E-state index < -0.39 is 24.2 Å². The first-order valence-electron chi connectivity index (χ1n) is 12.4. The van der Waals surface area contributed by atoms with Crippen LogP contribution < -0.4 is 4.74 Å². The highest BCUT2D eigenvalue weighted by Crippen LogP contribution is 2.27. The minimum Gasteiger partial charge on any atom is -0.461 e. The zero-order chi connectivity index (χ0) is 29.4. The van der Waals surface area contributed by atoms with Gasteiger partial charge in [-0.1, -0.05) is 50.1 Å². The van der Waals surface area contributed by atoms with Crippen molar-refractivity contribution in [2.75, 3.05) is 0 Å². The Labute approximate surface area is 233 Å². The average Bonchev–Trinajstić information content (AvgIpc) is 2.92. The second-order valence-electron chi connectivity index (χ2n) is 9.41. The molecule has 1 unspecified atom stereocenters. The van der Waals surface area contributed by atoms with Crippen LogP contribution in [0.3, 0.4) is 0 Å². The van der Waals surface area contributed by atoms with Gasteiger partial charge >= 0.3 is 17.9 Å². The lowest BCUT2D eigenvalue weighted by atomic mass is 10.0. The molecule has 208 valence electrons. The van der Waals surface area contributed by atoms with Gasteiger partial charge in [-0.2, -0.15) is 0 Å². The summed E-state index contributed by atoms with van der Waals surface area (Å²) >= 11 is 0. The molecular formula is C32H32O8. The molecule has 1 atom stereocenters. The molecule has 0 saturated heterocycles. The predicted octanol–water partition coefficient (Wildman–Crippen LogP) is 5.77. The van der Waals surface area contributed by atoms with E-state index in [4.69, 9.17) is 18.9 Å². The van der Waals surface area contributed by atoms with Crippen LogP contribution in [-0.2, 0) is 48.4 Å². The molecule has 0 spiro atoms. The highest BCUT2D eigenvalue weighted by molar-refractivity contribution is 5.88. The summed E-state index contributed by atoms with van der Waals surface area (Å²) < 4.78 is 21.5. The maximum Gasteiger partial charge on any atom is 0.333 e. The molecule has 8 nitrogen and oxygen atoms in total. The van der Waals surface area contributed by atoms with Gasteiger partial charge in [0.2, 0.25) is 6.29 Å². The number of hydrogen-bond acceptors (Lipinski definition) is 8. The maximum absolute atomic E-state index is 11.9. The van der Waals surface area contributed by atoms with Crippen LogP contribution in [0.25, 0.3) is 10.8 Å². The molecular weight excluding hydrogens is 512 g/mol. The van der Waals surface area contributed by atoms with Crippen molar-refractivity contribution in [3.8, 4) is 5.75 Å². The Bertz CT molecular complexity index is 1480. The summed E-state index contributed by atoms with van der Waals surface area (Å²) in [5, 5.41) is 12.6. The number of hydrogen-bond donors (Lipinski definition) is 1. The second kappa shape index (κ2) is 13.4. The third kappa shape index (κ3) is 8.15. The van der Waals surface area contributed by atoms with Crippen molar-refractivity contribution in [1.82, 2.24) is 0 Å². The first-order chi connectivity index (χ1) is 18.9. The number of ether oxygens (including phenoxy) is 4. The monoisotopic (exact) mass is 544 g/mol. The molecule has 3 rings (SSSR count). The van der Waals surface area contributed by atoms with Gasteiger partial charge in [0.05, 0.1) is 0 Å². The van der Waals surface area contributed by atoms with E-state index in [-0.39, 0.29) is 31.0 Å². The first kappa shape index (κ1) is 29.9. The van der Waals surface area contributed by atoms with Crippen LogP contribution in [0.4, 0.5) is 0 Å². The quantitative estimate of drug-likeness (QED) is 0.133. The fourth-order valence-corrected chi connectivity index (χ4v) is 3.51. The second-order valence-corrected chi connectivity index (χ2v) is 9.41. The number of aliphatic hydroxyl groups is 1. The van der Waals surface area contributed by atoms with E-state index in [0.29, 0.717) is 28.0 Å². The molecule has 0 aromatic heterocycles. The van der Waals surface area contributed by atoms with Crippen LogP contribution in [0.5, 0.6) is 5.75 Å². The molecule has 0 aliphatic rings. The van der Waals surface area contributed by atoms with Crippen molar-refractivity contribution in [3.05, 3.63) is 113 Å². The Balaban J connectivity index is 1.76. The van der Waals surface area contributed by atoms with E-state index in [9.17, 15) is 19.5 Å². The van der Waals surface area contributed by atoms with E-state index in [0.717, 1.165) is 16.3 Å². The van der Waals surface area contributed by atoms with Crippen molar-refractivity contribution in [2.45, 2.75) is 46.9 Å². The van der Waals surface area contributed by atoms with Gasteiger partial charge in [0.25, 0.3) is 0 Å². The van der Waals surface area contributed by atoms with Crippen LogP contribution in [0, 0.1) is 0 Å². The molecule has 0 amide bonds. The SMILES string of the molecule is C=C(C)C(=O)OCc1ccc2cc(OC(O)c3ccc(COC(=O)C(=C)C)c(COC(=O)C(=C)C)c3)ccc2c1. The van der Waals surface area contributed by atoms with Gasteiger partial charge in [-0.3, -0.25) is 0 Å². The number of fused-ring (bicyclic) bond motifs is 1. The smallest absolute Gasteiger partial charge is 0.333 e. The summed E-state index contributed by atoms with van der Waals surface area (Å²) in [6.45, 7) is 15.3. The van der Waals surface area contributed by atoms with Crippen LogP contribution in [0.15, 0.2) is 91.1 Å². The predicted molar refractivity (Wildman–Crippen MR) is 150 cm³/mol. The molecule has 0 aliphatic carbocycles. The van der Waals surface area contributed by atoms with E-state index in [1.807, 2.05) is 24.3 Å². The molecule has 0 fully saturated rings. The largest absolute Gasteiger partial charge is 0.461 e. The lowest BCUT2D eigenvalue weighted by molar-refractivity contribution is -0.141. The van der Waals surface area contributed by atoms with Crippen molar-refractivity contribution in [3.63, 3.8) is 0 Å². The summed E-state index contributed by atoms with van der Waals surface area (Å²) in [4.78, 5) is 35.5. The first-order valence-corrected chi connectivity index (χ1v) is 12.4. The van der Waals surface area contributed by atoms with Gasteiger partial charge in [0.1, 0.15) is 25.6 Å². The standard InChI is InChI=1S/C32H32O8/c1-19(2)29(33)37-16-22-7-8-24-15-28(12-11-23(24)13-22)40-32(36)25-9-10-26(17-38-30(34)20(3)4)27(14-25)18-39-31(35)21(5)6/h7-15,32,36H,1,3,5,16-18H2,2,4,6H3. The molecule has 0 radical (unpaired) electrons. The van der Waals surface area contributed by atoms with Crippen LogP contribution in [0.1, 0.15) is 49.3 Å². The molecule has 0 bridgehead atoms. The number of benzene rings is 3. The number of aliphatic hydroxyl groups excluding tert-OH is 1. The fraction of sp³-hybridized carbons (Fsp3) is 0.219. The summed E-state index contributed by atoms with van der Waals surface area (Å²) in [6.07, 6.45) is -1.33. The number of esters is 3. The lowest BCUT2D eigenvalue weighted by Gasteiger charge is -2.17. The third-order valence-electron chi connectivity index (χ3n) is 5.77.